The first kappa shape index (κ1) is 14.7. The Bertz CT molecular complexity index is 473. The number of likely N-dealkylation sites (tertiary alicyclic amines) is 1. The first-order valence-electron chi connectivity index (χ1n) is 7.22. The third-order valence-corrected chi connectivity index (χ3v) is 3.82. The van der Waals surface area contributed by atoms with Crippen molar-refractivity contribution in [2.24, 2.45) is 0 Å². The number of carbonyl (C=O) groups is 2. The van der Waals surface area contributed by atoms with Crippen LogP contribution in [0.1, 0.15) is 37.0 Å². The molecule has 0 radical (unpaired) electrons. The van der Waals surface area contributed by atoms with Gasteiger partial charge in [0.1, 0.15) is 0 Å². The van der Waals surface area contributed by atoms with Gasteiger partial charge in [-0.2, -0.15) is 0 Å². The van der Waals surface area contributed by atoms with Crippen LogP contribution in [-0.4, -0.2) is 41.8 Å². The fourth-order valence-electron chi connectivity index (χ4n) is 2.88. The Morgan fingerprint density at radius 3 is 2.65 bits per heavy atom. The van der Waals surface area contributed by atoms with Crippen LogP contribution in [0.25, 0.3) is 0 Å². The van der Waals surface area contributed by atoms with Gasteiger partial charge in [-0.15, -0.1) is 0 Å². The molecule has 0 aliphatic carbocycles. The number of nitrogens with zero attached hydrogens (tertiary/aromatic N) is 1. The molecule has 1 heterocycles. The van der Waals surface area contributed by atoms with E-state index in [-0.39, 0.29) is 23.8 Å². The van der Waals surface area contributed by atoms with E-state index in [1.54, 1.807) is 0 Å². The lowest BCUT2D eigenvalue weighted by Gasteiger charge is -2.25. The summed E-state index contributed by atoms with van der Waals surface area (Å²) >= 11 is 0. The van der Waals surface area contributed by atoms with E-state index in [9.17, 15) is 9.59 Å². The third-order valence-electron chi connectivity index (χ3n) is 3.82. The molecule has 1 aliphatic rings. The Morgan fingerprint density at radius 2 is 2.05 bits per heavy atom. The van der Waals surface area contributed by atoms with Gasteiger partial charge in [-0.25, -0.2) is 0 Å². The largest absolute Gasteiger partial charge is 0.352 e. The summed E-state index contributed by atoms with van der Waals surface area (Å²) in [7, 11) is 0. The zero-order valence-corrected chi connectivity index (χ0v) is 12.1. The first-order chi connectivity index (χ1) is 9.61. The van der Waals surface area contributed by atoms with Crippen molar-refractivity contribution in [1.29, 1.82) is 0 Å². The summed E-state index contributed by atoms with van der Waals surface area (Å²) in [4.78, 5) is 25.9. The highest BCUT2D eigenvalue weighted by molar-refractivity contribution is 6.00. The Hall–Kier alpha value is -1.68. The van der Waals surface area contributed by atoms with Crippen molar-refractivity contribution >= 4 is 11.7 Å². The topological polar surface area (TPSA) is 49.4 Å². The van der Waals surface area contributed by atoms with Crippen LogP contribution in [0.5, 0.6) is 0 Å². The second kappa shape index (κ2) is 6.66. The Labute approximate surface area is 120 Å². The van der Waals surface area contributed by atoms with Crippen LogP contribution in [0.15, 0.2) is 30.3 Å². The molecular formula is C16H22N2O2. The van der Waals surface area contributed by atoms with Crippen LogP contribution in [0, 0.1) is 0 Å². The van der Waals surface area contributed by atoms with Crippen molar-refractivity contribution in [2.75, 3.05) is 13.1 Å². The maximum atomic E-state index is 12.6. The van der Waals surface area contributed by atoms with Gasteiger partial charge >= 0.3 is 0 Å². The van der Waals surface area contributed by atoms with Gasteiger partial charge in [-0.3, -0.25) is 14.5 Å². The fraction of sp³-hybridized carbons (Fsp3) is 0.500. The lowest BCUT2D eigenvalue weighted by atomic mass is 10.0. The van der Waals surface area contributed by atoms with Gasteiger partial charge in [-0.1, -0.05) is 37.3 Å². The third kappa shape index (κ3) is 3.45. The number of carbonyl (C=O) groups excluding carboxylic acids is 2. The normalized spacial score (nSPS) is 20.6. The average molecular weight is 274 g/mol. The van der Waals surface area contributed by atoms with Gasteiger partial charge in [-0.05, 0) is 12.8 Å². The minimum Gasteiger partial charge on any atom is -0.352 e. The van der Waals surface area contributed by atoms with Crippen molar-refractivity contribution in [2.45, 2.75) is 38.8 Å². The number of hydrogen-bond acceptors (Lipinski definition) is 3. The molecule has 20 heavy (non-hydrogen) atoms. The quantitative estimate of drug-likeness (QED) is 0.834. The van der Waals surface area contributed by atoms with Gasteiger partial charge in [0, 0.05) is 31.6 Å². The average Bonchev–Trinajstić information content (AvgIpc) is 2.88. The minimum atomic E-state index is -0.0869. The zero-order chi connectivity index (χ0) is 14.5. The van der Waals surface area contributed by atoms with Crippen LogP contribution in [-0.2, 0) is 4.79 Å². The molecule has 2 atom stereocenters. The summed E-state index contributed by atoms with van der Waals surface area (Å²) in [6.07, 6.45) is 1.71. The van der Waals surface area contributed by atoms with Gasteiger partial charge < -0.3 is 5.32 Å². The smallest absolute Gasteiger partial charge is 0.217 e. The van der Waals surface area contributed by atoms with Crippen LogP contribution < -0.4 is 5.32 Å². The van der Waals surface area contributed by atoms with Gasteiger partial charge in [0.05, 0.1) is 6.04 Å². The molecule has 1 aromatic rings. The predicted octanol–water partition coefficient (Wildman–Crippen LogP) is 1.86. The lowest BCUT2D eigenvalue weighted by Crippen LogP contribution is -2.42. The standard InChI is InChI=1S/C16H22N2O2/c1-3-15(16(20)13-7-5-4-6-8-13)18-10-9-14(11-18)17-12(2)19/h4-8,14-15H,3,9-11H2,1-2H3,(H,17,19). The van der Waals surface area contributed by atoms with Gasteiger partial charge in [0.2, 0.25) is 5.91 Å². The molecule has 4 heteroatoms. The summed E-state index contributed by atoms with van der Waals surface area (Å²) in [5, 5.41) is 2.94. The SMILES string of the molecule is CCC(C(=O)c1ccccc1)N1CCC(NC(C)=O)C1. The van der Waals surface area contributed by atoms with Crippen LogP contribution >= 0.6 is 0 Å². The molecule has 4 nitrogen and oxygen atoms in total. The highest BCUT2D eigenvalue weighted by atomic mass is 16.1. The van der Waals surface area contributed by atoms with Crippen LogP contribution in [0.3, 0.4) is 0 Å². The number of ketones is 1. The molecule has 0 aromatic heterocycles. The molecule has 0 saturated carbocycles. The van der Waals surface area contributed by atoms with E-state index in [2.05, 4.69) is 10.2 Å². The van der Waals surface area contributed by atoms with Crippen molar-refractivity contribution in [3.05, 3.63) is 35.9 Å². The second-order valence-electron chi connectivity index (χ2n) is 5.34. The van der Waals surface area contributed by atoms with Crippen molar-refractivity contribution in [3.63, 3.8) is 0 Å². The zero-order valence-electron chi connectivity index (χ0n) is 12.1. The Morgan fingerprint density at radius 1 is 1.35 bits per heavy atom. The molecular weight excluding hydrogens is 252 g/mol. The first-order valence-corrected chi connectivity index (χ1v) is 7.22. The summed E-state index contributed by atoms with van der Waals surface area (Å²) in [6.45, 7) is 5.20. The molecule has 1 aromatic carbocycles. The van der Waals surface area contributed by atoms with E-state index in [0.29, 0.717) is 0 Å². The van der Waals surface area contributed by atoms with Crippen LogP contribution in [0.4, 0.5) is 0 Å². The van der Waals surface area contributed by atoms with Crippen LogP contribution in [0.2, 0.25) is 0 Å². The van der Waals surface area contributed by atoms with Gasteiger partial charge in [0.25, 0.3) is 0 Å². The predicted molar refractivity (Wildman–Crippen MR) is 78.6 cm³/mol. The molecule has 2 unspecified atom stereocenters. The van der Waals surface area contributed by atoms with E-state index >= 15 is 0 Å². The lowest BCUT2D eigenvalue weighted by molar-refractivity contribution is -0.119. The van der Waals surface area contributed by atoms with Crippen molar-refractivity contribution in [3.8, 4) is 0 Å². The molecule has 1 N–H and O–H groups in total. The second-order valence-corrected chi connectivity index (χ2v) is 5.34. The molecule has 1 aliphatic heterocycles. The monoisotopic (exact) mass is 274 g/mol. The Kier molecular flexibility index (Phi) is 4.90. The van der Waals surface area contributed by atoms with E-state index < -0.39 is 0 Å². The highest BCUT2D eigenvalue weighted by Crippen LogP contribution is 2.18. The summed E-state index contributed by atoms with van der Waals surface area (Å²) in [6, 6.07) is 9.52. The molecule has 0 spiro atoms. The number of benzene rings is 1. The Balaban J connectivity index is 2.02. The number of hydrogen-bond donors (Lipinski definition) is 1. The van der Waals surface area contributed by atoms with Gasteiger partial charge in [0.15, 0.2) is 5.78 Å². The molecule has 1 amide bonds. The number of nitrogens with one attached hydrogen (secondary N) is 1. The maximum Gasteiger partial charge on any atom is 0.217 e. The molecule has 108 valence electrons. The number of rotatable bonds is 5. The summed E-state index contributed by atoms with van der Waals surface area (Å²) < 4.78 is 0. The minimum absolute atomic E-state index is 0.000663. The number of Topliss-reactive ketones (excluding diaryl/α,β-unsaturated/α-hetero) is 1. The van der Waals surface area contributed by atoms with E-state index in [1.165, 1.54) is 6.92 Å². The highest BCUT2D eigenvalue weighted by Gasteiger charge is 2.31. The molecule has 2 rings (SSSR count). The van der Waals surface area contributed by atoms with E-state index in [4.69, 9.17) is 0 Å². The van der Waals surface area contributed by atoms with E-state index in [1.807, 2.05) is 37.3 Å². The molecule has 0 bridgehead atoms. The molecule has 1 fully saturated rings. The summed E-state index contributed by atoms with van der Waals surface area (Å²) in [5.41, 5.74) is 0.766. The number of amides is 1. The van der Waals surface area contributed by atoms with E-state index in [0.717, 1.165) is 31.5 Å². The maximum absolute atomic E-state index is 12.6. The fourth-order valence-corrected chi connectivity index (χ4v) is 2.88. The van der Waals surface area contributed by atoms with Crippen molar-refractivity contribution < 1.29 is 9.59 Å². The van der Waals surface area contributed by atoms with Crippen molar-refractivity contribution in [1.82, 2.24) is 10.2 Å². The summed E-state index contributed by atoms with van der Waals surface area (Å²) in [5.74, 6) is 0.177. The molecule has 1 saturated heterocycles.